The van der Waals surface area contributed by atoms with E-state index in [4.69, 9.17) is 4.74 Å². The van der Waals surface area contributed by atoms with Gasteiger partial charge in [0, 0.05) is 24.3 Å². The third-order valence-corrected chi connectivity index (χ3v) is 5.11. The summed E-state index contributed by atoms with van der Waals surface area (Å²) in [7, 11) is 0. The van der Waals surface area contributed by atoms with Crippen LogP contribution in [0.1, 0.15) is 17.5 Å². The Hall–Kier alpha value is -3.60. The molecular weight excluding hydrogens is 376 g/mol. The maximum atomic E-state index is 12.7. The molecule has 1 atom stereocenters. The summed E-state index contributed by atoms with van der Waals surface area (Å²) in [6.07, 6.45) is 0.216. The summed E-state index contributed by atoms with van der Waals surface area (Å²) in [5, 5.41) is 2.92. The zero-order chi connectivity index (χ0) is 21.1. The van der Waals surface area contributed by atoms with E-state index >= 15 is 0 Å². The van der Waals surface area contributed by atoms with Gasteiger partial charge in [-0.25, -0.2) is 0 Å². The smallest absolute Gasteiger partial charge is 0.229 e. The molecule has 2 amide bonds. The van der Waals surface area contributed by atoms with Crippen molar-refractivity contribution in [1.29, 1.82) is 0 Å². The monoisotopic (exact) mass is 400 g/mol. The lowest BCUT2D eigenvalue weighted by molar-refractivity contribution is -0.122. The molecule has 30 heavy (non-hydrogen) atoms. The first-order valence-electron chi connectivity index (χ1n) is 10.0. The number of benzene rings is 3. The number of amides is 2. The van der Waals surface area contributed by atoms with E-state index in [1.54, 1.807) is 17.0 Å². The maximum Gasteiger partial charge on any atom is 0.229 e. The second-order valence-corrected chi connectivity index (χ2v) is 7.68. The Morgan fingerprint density at radius 2 is 1.57 bits per heavy atom. The van der Waals surface area contributed by atoms with E-state index in [-0.39, 0.29) is 24.2 Å². The summed E-state index contributed by atoms with van der Waals surface area (Å²) < 4.78 is 5.77. The van der Waals surface area contributed by atoms with Crippen molar-refractivity contribution in [2.24, 2.45) is 5.92 Å². The minimum atomic E-state index is -0.376. The molecule has 1 aliphatic heterocycles. The summed E-state index contributed by atoms with van der Waals surface area (Å²) in [4.78, 5) is 26.9. The molecule has 3 aromatic rings. The summed E-state index contributed by atoms with van der Waals surface area (Å²) >= 11 is 0. The first-order valence-corrected chi connectivity index (χ1v) is 10.0. The lowest BCUT2D eigenvalue weighted by Gasteiger charge is -2.18. The van der Waals surface area contributed by atoms with E-state index in [2.05, 4.69) is 11.4 Å². The Bertz CT molecular complexity index is 1040. The molecule has 5 nitrogen and oxygen atoms in total. The summed E-state index contributed by atoms with van der Waals surface area (Å²) in [5.41, 5.74) is 3.74. The molecule has 152 valence electrons. The minimum absolute atomic E-state index is 0.0215. The molecule has 0 aliphatic carbocycles. The van der Waals surface area contributed by atoms with Crippen LogP contribution >= 0.6 is 0 Å². The van der Waals surface area contributed by atoms with Crippen molar-refractivity contribution in [3.05, 3.63) is 83.9 Å². The fraction of sp³-hybridized carbons (Fsp3) is 0.200. The molecule has 5 heteroatoms. The van der Waals surface area contributed by atoms with Crippen LogP contribution in [0.25, 0.3) is 0 Å². The van der Waals surface area contributed by atoms with E-state index in [0.29, 0.717) is 18.0 Å². The molecule has 0 spiro atoms. The van der Waals surface area contributed by atoms with Gasteiger partial charge in [0.2, 0.25) is 11.8 Å². The standard InChI is InChI=1S/C25H24N2O3/c1-17-12-18(2)14-21(13-17)27-16-19(15-24(27)28)25(29)26-20-8-10-23(11-9-20)30-22-6-4-3-5-7-22/h3-14,19H,15-16H2,1-2H3,(H,26,29)/t19-/m0/s1. The van der Waals surface area contributed by atoms with Gasteiger partial charge in [0.1, 0.15) is 11.5 Å². The highest BCUT2D eigenvalue weighted by Gasteiger charge is 2.35. The average Bonchev–Trinajstić information content (AvgIpc) is 3.11. The van der Waals surface area contributed by atoms with Gasteiger partial charge in [0.05, 0.1) is 5.92 Å². The molecule has 0 radical (unpaired) electrons. The van der Waals surface area contributed by atoms with Gasteiger partial charge in [0.25, 0.3) is 0 Å². The van der Waals surface area contributed by atoms with Crippen molar-refractivity contribution in [2.75, 3.05) is 16.8 Å². The highest BCUT2D eigenvalue weighted by Crippen LogP contribution is 2.28. The largest absolute Gasteiger partial charge is 0.457 e. The fourth-order valence-electron chi connectivity index (χ4n) is 3.71. The van der Waals surface area contributed by atoms with Crippen LogP contribution in [-0.2, 0) is 9.59 Å². The lowest BCUT2D eigenvalue weighted by Crippen LogP contribution is -2.28. The summed E-state index contributed by atoms with van der Waals surface area (Å²) in [5.74, 6) is 0.902. The Balaban J connectivity index is 1.38. The SMILES string of the molecule is Cc1cc(C)cc(N2C[C@@H](C(=O)Nc3ccc(Oc4ccccc4)cc3)CC2=O)c1. The molecule has 0 saturated carbocycles. The van der Waals surface area contributed by atoms with Gasteiger partial charge in [-0.1, -0.05) is 24.3 Å². The molecule has 1 N–H and O–H groups in total. The zero-order valence-corrected chi connectivity index (χ0v) is 17.1. The molecule has 1 heterocycles. The third-order valence-electron chi connectivity index (χ3n) is 5.11. The van der Waals surface area contributed by atoms with Gasteiger partial charge >= 0.3 is 0 Å². The quantitative estimate of drug-likeness (QED) is 0.649. The van der Waals surface area contributed by atoms with Gasteiger partial charge in [-0.05, 0) is 73.5 Å². The second kappa shape index (κ2) is 8.41. The van der Waals surface area contributed by atoms with Crippen LogP contribution in [-0.4, -0.2) is 18.4 Å². The van der Waals surface area contributed by atoms with Crippen LogP contribution in [0.5, 0.6) is 11.5 Å². The van der Waals surface area contributed by atoms with E-state index in [1.165, 1.54) is 0 Å². The van der Waals surface area contributed by atoms with Gasteiger partial charge in [-0.2, -0.15) is 0 Å². The van der Waals surface area contributed by atoms with Gasteiger partial charge in [0.15, 0.2) is 0 Å². The number of ether oxygens (including phenoxy) is 1. The van der Waals surface area contributed by atoms with Crippen LogP contribution in [0, 0.1) is 19.8 Å². The number of carbonyl (C=O) groups is 2. The first kappa shape index (κ1) is 19.7. The molecular formula is C25H24N2O3. The van der Waals surface area contributed by atoms with Crippen molar-refractivity contribution in [3.8, 4) is 11.5 Å². The van der Waals surface area contributed by atoms with E-state index in [9.17, 15) is 9.59 Å². The highest BCUT2D eigenvalue weighted by molar-refractivity contribution is 6.03. The lowest BCUT2D eigenvalue weighted by atomic mass is 10.1. The first-order chi connectivity index (χ1) is 14.5. The summed E-state index contributed by atoms with van der Waals surface area (Å²) in [6.45, 7) is 4.40. The number of nitrogens with zero attached hydrogens (tertiary/aromatic N) is 1. The van der Waals surface area contributed by atoms with Crippen molar-refractivity contribution in [2.45, 2.75) is 20.3 Å². The predicted molar refractivity (Wildman–Crippen MR) is 118 cm³/mol. The number of rotatable bonds is 5. The number of anilines is 2. The Labute approximate surface area is 176 Å². The third kappa shape index (κ3) is 4.51. The number of hydrogen-bond acceptors (Lipinski definition) is 3. The van der Waals surface area contributed by atoms with Gasteiger partial charge in [-0.3, -0.25) is 9.59 Å². The number of carbonyl (C=O) groups excluding carboxylic acids is 2. The predicted octanol–water partition coefficient (Wildman–Crippen LogP) is 5.09. The van der Waals surface area contributed by atoms with Crippen LogP contribution in [0.15, 0.2) is 72.8 Å². The Kier molecular flexibility index (Phi) is 5.53. The van der Waals surface area contributed by atoms with Crippen LogP contribution in [0.2, 0.25) is 0 Å². The topological polar surface area (TPSA) is 58.6 Å². The van der Waals surface area contributed by atoms with Crippen molar-refractivity contribution in [3.63, 3.8) is 0 Å². The molecule has 4 rings (SSSR count). The van der Waals surface area contributed by atoms with E-state index in [1.807, 2.05) is 68.4 Å². The van der Waals surface area contributed by atoms with Crippen molar-refractivity contribution in [1.82, 2.24) is 0 Å². The van der Waals surface area contributed by atoms with Crippen molar-refractivity contribution >= 4 is 23.2 Å². The van der Waals surface area contributed by atoms with Crippen LogP contribution in [0.4, 0.5) is 11.4 Å². The van der Waals surface area contributed by atoms with Crippen LogP contribution in [0.3, 0.4) is 0 Å². The zero-order valence-electron chi connectivity index (χ0n) is 17.1. The Morgan fingerprint density at radius 1 is 0.933 bits per heavy atom. The van der Waals surface area contributed by atoms with E-state index in [0.717, 1.165) is 22.6 Å². The molecule has 0 bridgehead atoms. The fourth-order valence-corrected chi connectivity index (χ4v) is 3.71. The highest BCUT2D eigenvalue weighted by atomic mass is 16.5. The average molecular weight is 400 g/mol. The van der Waals surface area contributed by atoms with Gasteiger partial charge < -0.3 is 15.0 Å². The molecule has 0 aromatic heterocycles. The summed E-state index contributed by atoms with van der Waals surface area (Å²) in [6, 6.07) is 22.8. The molecule has 0 unspecified atom stereocenters. The van der Waals surface area contributed by atoms with E-state index < -0.39 is 0 Å². The number of aryl methyl sites for hydroxylation is 2. The molecule has 1 fully saturated rings. The number of nitrogens with one attached hydrogen (secondary N) is 1. The molecule has 1 aliphatic rings. The number of para-hydroxylation sites is 1. The maximum absolute atomic E-state index is 12.7. The van der Waals surface area contributed by atoms with Gasteiger partial charge in [-0.15, -0.1) is 0 Å². The molecule has 3 aromatic carbocycles. The number of hydrogen-bond donors (Lipinski definition) is 1. The second-order valence-electron chi connectivity index (χ2n) is 7.68. The minimum Gasteiger partial charge on any atom is -0.457 e. The Morgan fingerprint density at radius 3 is 2.23 bits per heavy atom. The van der Waals surface area contributed by atoms with Crippen molar-refractivity contribution < 1.29 is 14.3 Å². The van der Waals surface area contributed by atoms with Crippen LogP contribution < -0.4 is 15.0 Å². The normalized spacial score (nSPS) is 15.9. The molecule has 1 saturated heterocycles.